The maximum Gasteiger partial charge on any atom is 0.332 e. The van der Waals surface area contributed by atoms with Gasteiger partial charge in [0.05, 0.1) is 5.54 Å². The fourth-order valence-corrected chi connectivity index (χ4v) is 0.627. The number of carboxylic acid groups (broad SMARTS) is 1. The summed E-state index contributed by atoms with van der Waals surface area (Å²) in [5.74, 6) is -1.60. The molecule has 1 saturated carbocycles. The number of carbonyl (C=O) groups excluding carboxylic acids is 1. The summed E-state index contributed by atoms with van der Waals surface area (Å²) in [7, 11) is 0. The van der Waals surface area contributed by atoms with E-state index in [4.69, 9.17) is 10.8 Å². The van der Waals surface area contributed by atoms with Crippen LogP contribution in [-0.4, -0.2) is 29.1 Å². The van der Waals surface area contributed by atoms with Crippen LogP contribution in [-0.2, 0) is 14.4 Å². The highest BCUT2D eigenvalue weighted by atomic mass is 16.7. The highest BCUT2D eigenvalue weighted by Gasteiger charge is 2.46. The fraction of sp³-hybridized carbons (Fsp3) is 0.667. The lowest BCUT2D eigenvalue weighted by Crippen LogP contribution is -2.43. The molecule has 6 heteroatoms. The first-order valence-electron chi connectivity index (χ1n) is 3.47. The Morgan fingerprint density at radius 1 is 1.58 bits per heavy atom. The Bertz CT molecular complexity index is 212. The smallest absolute Gasteiger partial charge is 0.332 e. The zero-order valence-corrected chi connectivity index (χ0v) is 6.37. The second-order valence-corrected chi connectivity index (χ2v) is 2.77. The largest absolute Gasteiger partial charge is 0.479 e. The monoisotopic (exact) mass is 174 g/mol. The van der Waals surface area contributed by atoms with E-state index in [2.05, 4.69) is 4.84 Å². The van der Waals surface area contributed by atoms with Crippen LogP contribution in [0.15, 0.2) is 0 Å². The normalized spacial score (nSPS) is 18.4. The van der Waals surface area contributed by atoms with Crippen LogP contribution >= 0.6 is 0 Å². The summed E-state index contributed by atoms with van der Waals surface area (Å²) in [6.07, 6.45) is 1.24. The Kier molecular flexibility index (Phi) is 2.30. The Morgan fingerprint density at radius 2 is 2.17 bits per heavy atom. The van der Waals surface area contributed by atoms with Crippen molar-refractivity contribution in [3.8, 4) is 0 Å². The van der Waals surface area contributed by atoms with Gasteiger partial charge in [-0.05, 0) is 12.8 Å². The molecule has 0 heterocycles. The Balaban J connectivity index is 2.15. The minimum absolute atomic E-state index is 0.455. The topological polar surface area (TPSA) is 102 Å². The van der Waals surface area contributed by atoms with Gasteiger partial charge in [-0.3, -0.25) is 9.63 Å². The molecule has 4 N–H and O–H groups in total. The van der Waals surface area contributed by atoms with Gasteiger partial charge in [-0.1, -0.05) is 0 Å². The predicted molar refractivity (Wildman–Crippen MR) is 37.9 cm³/mol. The second-order valence-electron chi connectivity index (χ2n) is 2.77. The van der Waals surface area contributed by atoms with E-state index in [1.807, 2.05) is 5.48 Å². The van der Waals surface area contributed by atoms with Crippen molar-refractivity contribution >= 4 is 11.9 Å². The number of hydrogen-bond acceptors (Lipinski definition) is 4. The maximum absolute atomic E-state index is 11.0. The maximum atomic E-state index is 11.0. The Hall–Kier alpha value is -1.14. The highest BCUT2D eigenvalue weighted by Crippen LogP contribution is 2.31. The molecule has 0 aromatic rings. The molecule has 0 aliphatic heterocycles. The predicted octanol–water partition coefficient (Wildman–Crippen LogP) is -1.39. The van der Waals surface area contributed by atoms with Crippen molar-refractivity contribution in [1.82, 2.24) is 5.48 Å². The number of amides is 1. The van der Waals surface area contributed by atoms with Gasteiger partial charge in [-0.2, -0.15) is 0 Å². The van der Waals surface area contributed by atoms with E-state index in [1.165, 1.54) is 0 Å². The van der Waals surface area contributed by atoms with Crippen molar-refractivity contribution < 1.29 is 19.5 Å². The quantitative estimate of drug-likeness (QED) is 0.455. The van der Waals surface area contributed by atoms with Gasteiger partial charge in [-0.15, -0.1) is 0 Å². The van der Waals surface area contributed by atoms with Crippen LogP contribution in [0.4, 0.5) is 0 Å². The van der Waals surface area contributed by atoms with Crippen LogP contribution in [0.5, 0.6) is 0 Å². The molecule has 1 rings (SSSR count). The van der Waals surface area contributed by atoms with Gasteiger partial charge >= 0.3 is 5.97 Å². The summed E-state index contributed by atoms with van der Waals surface area (Å²) in [5, 5.41) is 8.14. The molecular weight excluding hydrogens is 164 g/mol. The third kappa shape index (κ3) is 2.18. The number of aliphatic carboxylic acids is 1. The molecule has 0 unspecified atom stereocenters. The number of hydroxylamine groups is 1. The average Bonchev–Trinajstić information content (AvgIpc) is 2.68. The van der Waals surface area contributed by atoms with E-state index in [0.29, 0.717) is 12.8 Å². The molecule has 0 aromatic heterocycles. The molecule has 0 saturated heterocycles. The van der Waals surface area contributed by atoms with E-state index >= 15 is 0 Å². The molecule has 1 amide bonds. The van der Waals surface area contributed by atoms with Crippen LogP contribution in [0.2, 0.25) is 0 Å². The Labute approximate surface area is 68.6 Å². The minimum Gasteiger partial charge on any atom is -0.479 e. The summed E-state index contributed by atoms with van der Waals surface area (Å²) in [4.78, 5) is 25.2. The third-order valence-electron chi connectivity index (χ3n) is 1.60. The Morgan fingerprint density at radius 3 is 2.58 bits per heavy atom. The summed E-state index contributed by atoms with van der Waals surface area (Å²) in [5.41, 5.74) is 6.62. The van der Waals surface area contributed by atoms with E-state index in [-0.39, 0.29) is 0 Å². The van der Waals surface area contributed by atoms with Crippen LogP contribution < -0.4 is 11.2 Å². The van der Waals surface area contributed by atoms with Gasteiger partial charge in [0.1, 0.15) is 0 Å². The highest BCUT2D eigenvalue weighted by molar-refractivity contribution is 5.88. The molecule has 0 atom stereocenters. The lowest BCUT2D eigenvalue weighted by Gasteiger charge is -2.07. The molecular formula is C6H10N2O4. The molecule has 1 aliphatic rings. The first-order valence-corrected chi connectivity index (χ1v) is 3.47. The first kappa shape index (κ1) is 8.95. The van der Waals surface area contributed by atoms with Crippen LogP contribution in [0, 0.1) is 0 Å². The molecule has 0 radical (unpaired) electrons. The van der Waals surface area contributed by atoms with E-state index in [1.54, 1.807) is 0 Å². The van der Waals surface area contributed by atoms with Gasteiger partial charge in [0.15, 0.2) is 6.61 Å². The lowest BCUT2D eigenvalue weighted by molar-refractivity contribution is -0.150. The van der Waals surface area contributed by atoms with Gasteiger partial charge in [0.2, 0.25) is 0 Å². The molecule has 0 aromatic carbocycles. The minimum atomic E-state index is -1.14. The first-order chi connectivity index (χ1) is 5.54. The van der Waals surface area contributed by atoms with Crippen LogP contribution in [0.1, 0.15) is 12.8 Å². The zero-order chi connectivity index (χ0) is 9.19. The van der Waals surface area contributed by atoms with Gasteiger partial charge < -0.3 is 10.8 Å². The van der Waals surface area contributed by atoms with Crippen molar-refractivity contribution in [1.29, 1.82) is 0 Å². The van der Waals surface area contributed by atoms with E-state index in [9.17, 15) is 9.59 Å². The summed E-state index contributed by atoms with van der Waals surface area (Å²) in [6, 6.07) is 0. The van der Waals surface area contributed by atoms with Gasteiger partial charge in [-0.25, -0.2) is 10.3 Å². The molecule has 1 aliphatic carbocycles. The number of rotatable bonds is 4. The van der Waals surface area contributed by atoms with Gasteiger partial charge in [0, 0.05) is 0 Å². The molecule has 68 valence electrons. The van der Waals surface area contributed by atoms with E-state index in [0.717, 1.165) is 0 Å². The second kappa shape index (κ2) is 3.08. The number of hydrogen-bond donors (Lipinski definition) is 3. The number of nitrogens with one attached hydrogen (secondary N) is 1. The SMILES string of the molecule is NC1(C(=O)NOCC(=O)O)CC1. The lowest BCUT2D eigenvalue weighted by atomic mass is 10.3. The van der Waals surface area contributed by atoms with Crippen molar-refractivity contribution in [2.24, 2.45) is 5.73 Å². The van der Waals surface area contributed by atoms with Crippen LogP contribution in [0.3, 0.4) is 0 Å². The number of nitrogens with two attached hydrogens (primary N) is 1. The average molecular weight is 174 g/mol. The zero-order valence-electron chi connectivity index (χ0n) is 6.37. The fourth-order valence-electron chi connectivity index (χ4n) is 0.627. The van der Waals surface area contributed by atoms with E-state index < -0.39 is 24.0 Å². The number of carbonyl (C=O) groups is 2. The molecule has 6 nitrogen and oxygen atoms in total. The third-order valence-corrected chi connectivity index (χ3v) is 1.60. The molecule has 0 bridgehead atoms. The standard InChI is InChI=1S/C6H10N2O4/c7-6(1-2-6)5(11)8-12-3-4(9)10/h1-3,7H2,(H,8,11)(H,9,10). The van der Waals surface area contributed by atoms with Crippen molar-refractivity contribution in [3.05, 3.63) is 0 Å². The van der Waals surface area contributed by atoms with Gasteiger partial charge in [0.25, 0.3) is 5.91 Å². The molecule has 12 heavy (non-hydrogen) atoms. The molecule has 0 spiro atoms. The molecule has 1 fully saturated rings. The van der Waals surface area contributed by atoms with Crippen molar-refractivity contribution in [2.75, 3.05) is 6.61 Å². The van der Waals surface area contributed by atoms with Crippen molar-refractivity contribution in [2.45, 2.75) is 18.4 Å². The van der Waals surface area contributed by atoms with Crippen molar-refractivity contribution in [3.63, 3.8) is 0 Å². The summed E-state index contributed by atoms with van der Waals surface area (Å²) >= 11 is 0. The summed E-state index contributed by atoms with van der Waals surface area (Å²) in [6.45, 7) is -0.554. The summed E-state index contributed by atoms with van der Waals surface area (Å²) < 4.78 is 0. The van der Waals surface area contributed by atoms with Crippen LogP contribution in [0.25, 0.3) is 0 Å². The number of carboxylic acids is 1.